The Morgan fingerprint density at radius 1 is 0.864 bits per heavy atom. The third-order valence-electron chi connectivity index (χ3n) is 6.70. The first-order valence-corrected chi connectivity index (χ1v) is 8.65. The minimum absolute atomic E-state index is 0.152. The van der Waals surface area contributed by atoms with E-state index in [2.05, 4.69) is 73.6 Å². The molecular weight excluding hydrogens is 267 g/mol. The van der Waals surface area contributed by atoms with E-state index in [0.29, 0.717) is 0 Å². The van der Waals surface area contributed by atoms with Crippen LogP contribution < -0.4 is 5.46 Å². The van der Waals surface area contributed by atoms with E-state index in [4.69, 9.17) is 4.65 Å². The van der Waals surface area contributed by atoms with E-state index in [9.17, 15) is 0 Å². The molecule has 1 nitrogen and oxygen atoms in total. The molecule has 0 amide bonds. The van der Waals surface area contributed by atoms with E-state index in [1.807, 2.05) is 0 Å². The van der Waals surface area contributed by atoms with Crippen molar-refractivity contribution in [2.45, 2.75) is 78.0 Å². The van der Waals surface area contributed by atoms with Crippen molar-refractivity contribution in [2.24, 2.45) is 5.41 Å². The van der Waals surface area contributed by atoms with Gasteiger partial charge >= 0.3 is 6.92 Å². The molecule has 1 aliphatic carbocycles. The standard InChI is InChI=1S/C20H31BO/c1-17(2)12-18(3,4)16-11-14(9-10-15(16)17)21-20(7,8)19(5,6)13-22-21/h9-11H,12-13H2,1-8H3. The van der Waals surface area contributed by atoms with Gasteiger partial charge in [0.1, 0.15) is 0 Å². The van der Waals surface area contributed by atoms with Crippen LogP contribution in [0.4, 0.5) is 0 Å². The van der Waals surface area contributed by atoms with Crippen molar-refractivity contribution in [3.8, 4) is 0 Å². The summed E-state index contributed by atoms with van der Waals surface area (Å²) in [5.41, 5.74) is 5.16. The predicted octanol–water partition coefficient (Wildman–Crippen LogP) is 4.68. The summed E-state index contributed by atoms with van der Waals surface area (Å²) < 4.78 is 6.25. The largest absolute Gasteiger partial charge is 0.430 e. The minimum atomic E-state index is 0.152. The maximum Gasteiger partial charge on any atom is 0.333 e. The molecule has 1 saturated heterocycles. The number of benzene rings is 1. The van der Waals surface area contributed by atoms with Crippen LogP contribution in [0.25, 0.3) is 0 Å². The Hall–Kier alpha value is -0.755. The molecule has 0 bridgehead atoms. The Morgan fingerprint density at radius 3 is 2.00 bits per heavy atom. The van der Waals surface area contributed by atoms with Crippen LogP contribution in [-0.2, 0) is 15.5 Å². The highest BCUT2D eigenvalue weighted by Gasteiger charge is 2.54. The van der Waals surface area contributed by atoms with Gasteiger partial charge in [0.05, 0.1) is 0 Å². The summed E-state index contributed by atoms with van der Waals surface area (Å²) in [5, 5.41) is 0.152. The smallest absolute Gasteiger partial charge is 0.333 e. The molecule has 1 aromatic rings. The van der Waals surface area contributed by atoms with Crippen molar-refractivity contribution in [2.75, 3.05) is 6.61 Å². The monoisotopic (exact) mass is 298 g/mol. The molecule has 1 fully saturated rings. The van der Waals surface area contributed by atoms with Gasteiger partial charge in [0, 0.05) is 6.61 Å². The van der Waals surface area contributed by atoms with E-state index < -0.39 is 0 Å². The van der Waals surface area contributed by atoms with E-state index in [1.54, 1.807) is 0 Å². The van der Waals surface area contributed by atoms with Crippen LogP contribution in [0.15, 0.2) is 18.2 Å². The van der Waals surface area contributed by atoms with Gasteiger partial charge < -0.3 is 4.65 Å². The zero-order chi connectivity index (χ0) is 16.6. The van der Waals surface area contributed by atoms with E-state index in [0.717, 1.165) is 6.61 Å². The molecule has 0 atom stereocenters. The molecule has 0 radical (unpaired) electrons. The van der Waals surface area contributed by atoms with Crippen molar-refractivity contribution in [3.05, 3.63) is 29.3 Å². The van der Waals surface area contributed by atoms with Crippen molar-refractivity contribution in [1.29, 1.82) is 0 Å². The molecule has 1 heterocycles. The maximum absolute atomic E-state index is 6.25. The van der Waals surface area contributed by atoms with Crippen LogP contribution in [-0.4, -0.2) is 13.5 Å². The van der Waals surface area contributed by atoms with E-state index in [-0.39, 0.29) is 28.5 Å². The van der Waals surface area contributed by atoms with Crippen molar-refractivity contribution in [1.82, 2.24) is 0 Å². The summed E-state index contributed by atoms with van der Waals surface area (Å²) in [7, 11) is 0. The van der Waals surface area contributed by atoms with Crippen molar-refractivity contribution < 1.29 is 4.65 Å². The van der Waals surface area contributed by atoms with Crippen LogP contribution >= 0.6 is 0 Å². The summed E-state index contributed by atoms with van der Waals surface area (Å²) in [6, 6.07) is 7.12. The molecule has 1 aromatic carbocycles. The number of fused-ring (bicyclic) bond motifs is 1. The fraction of sp³-hybridized carbons (Fsp3) is 0.700. The zero-order valence-electron chi connectivity index (χ0n) is 15.6. The average molecular weight is 298 g/mol. The van der Waals surface area contributed by atoms with E-state index >= 15 is 0 Å². The third-order valence-corrected chi connectivity index (χ3v) is 6.70. The lowest BCUT2D eigenvalue weighted by molar-refractivity contribution is 0.211. The minimum Gasteiger partial charge on any atom is -0.430 e. The van der Waals surface area contributed by atoms with Gasteiger partial charge in [-0.15, -0.1) is 0 Å². The second kappa shape index (κ2) is 4.41. The van der Waals surface area contributed by atoms with Gasteiger partial charge in [0.2, 0.25) is 0 Å². The normalized spacial score (nSPS) is 27.0. The van der Waals surface area contributed by atoms with Gasteiger partial charge in [0.15, 0.2) is 0 Å². The van der Waals surface area contributed by atoms with Crippen LogP contribution in [0.2, 0.25) is 5.31 Å². The van der Waals surface area contributed by atoms with Gasteiger partial charge in [0.25, 0.3) is 0 Å². The van der Waals surface area contributed by atoms with E-state index in [1.165, 1.54) is 23.0 Å². The topological polar surface area (TPSA) is 9.23 Å². The highest BCUT2D eigenvalue weighted by molar-refractivity contribution is 6.71. The zero-order valence-corrected chi connectivity index (χ0v) is 15.6. The SMILES string of the molecule is CC1(C)CC(C)(C)c2cc(B3OCC(C)(C)C3(C)C)ccc21. The fourth-order valence-electron chi connectivity index (χ4n) is 4.72. The van der Waals surface area contributed by atoms with Crippen LogP contribution in [0.1, 0.15) is 72.9 Å². The molecule has 120 valence electrons. The number of hydrogen-bond acceptors (Lipinski definition) is 1. The first-order valence-electron chi connectivity index (χ1n) is 8.65. The van der Waals surface area contributed by atoms with Crippen molar-refractivity contribution >= 4 is 12.4 Å². The Kier molecular flexibility index (Phi) is 3.23. The van der Waals surface area contributed by atoms with Crippen molar-refractivity contribution in [3.63, 3.8) is 0 Å². The lowest BCUT2D eigenvalue weighted by atomic mass is 9.38. The summed E-state index contributed by atoms with van der Waals surface area (Å²) in [5.74, 6) is 0. The fourth-order valence-corrected chi connectivity index (χ4v) is 4.72. The summed E-state index contributed by atoms with van der Waals surface area (Å²) in [4.78, 5) is 0. The maximum atomic E-state index is 6.25. The second-order valence-corrected chi connectivity index (χ2v) is 10.0. The second-order valence-electron chi connectivity index (χ2n) is 10.0. The average Bonchev–Trinajstić information content (AvgIpc) is 2.67. The quantitative estimate of drug-likeness (QED) is 0.684. The highest BCUT2D eigenvalue weighted by atomic mass is 16.4. The first-order chi connectivity index (χ1) is 9.88. The molecule has 0 saturated carbocycles. The van der Waals surface area contributed by atoms with Crippen LogP contribution in [0.5, 0.6) is 0 Å². The molecule has 0 unspecified atom stereocenters. The lowest BCUT2D eigenvalue weighted by Gasteiger charge is -2.35. The summed E-state index contributed by atoms with van der Waals surface area (Å²) >= 11 is 0. The molecule has 0 spiro atoms. The van der Waals surface area contributed by atoms with Gasteiger partial charge in [-0.05, 0) is 44.6 Å². The van der Waals surface area contributed by atoms with Gasteiger partial charge in [-0.25, -0.2) is 0 Å². The van der Waals surface area contributed by atoms with Gasteiger partial charge in [-0.1, -0.05) is 73.6 Å². The lowest BCUT2D eigenvalue weighted by Crippen LogP contribution is -2.42. The Labute approximate surface area is 137 Å². The number of hydrogen-bond donors (Lipinski definition) is 0. The predicted molar refractivity (Wildman–Crippen MR) is 96.3 cm³/mol. The molecular formula is C20H31BO. The van der Waals surface area contributed by atoms with Crippen LogP contribution in [0.3, 0.4) is 0 Å². The third kappa shape index (κ3) is 2.10. The molecule has 22 heavy (non-hydrogen) atoms. The Bertz CT molecular complexity index is 610. The Morgan fingerprint density at radius 2 is 1.45 bits per heavy atom. The summed E-state index contributed by atoms with van der Waals surface area (Å²) in [6.45, 7) is 19.9. The molecule has 3 rings (SSSR count). The van der Waals surface area contributed by atoms with Gasteiger partial charge in [-0.2, -0.15) is 0 Å². The molecule has 0 N–H and O–H groups in total. The highest BCUT2D eigenvalue weighted by Crippen LogP contribution is 2.53. The molecule has 0 aromatic heterocycles. The first kappa shape index (κ1) is 16.1. The molecule has 2 aliphatic rings. The molecule has 1 aliphatic heterocycles. The number of rotatable bonds is 1. The van der Waals surface area contributed by atoms with Crippen LogP contribution in [0, 0.1) is 5.41 Å². The van der Waals surface area contributed by atoms with Gasteiger partial charge in [-0.3, -0.25) is 0 Å². The summed E-state index contributed by atoms with van der Waals surface area (Å²) in [6.07, 6.45) is 1.22. The Balaban J connectivity index is 2.07. The molecule has 2 heteroatoms.